The first-order chi connectivity index (χ1) is 15.4. The second-order valence-corrected chi connectivity index (χ2v) is 7.86. The first kappa shape index (κ1) is 23.3. The van der Waals surface area contributed by atoms with Gasteiger partial charge in [0.1, 0.15) is 19.0 Å². The fraction of sp³-hybridized carbons (Fsp3) is 0.200. The van der Waals surface area contributed by atoms with Gasteiger partial charge in [0, 0.05) is 15.6 Å². The Hall–Kier alpha value is -3.32. The lowest BCUT2D eigenvalue weighted by Crippen LogP contribution is -2.06. The van der Waals surface area contributed by atoms with Crippen LogP contribution in [0.2, 0.25) is 0 Å². The van der Waals surface area contributed by atoms with E-state index >= 15 is 0 Å². The molecule has 0 radical (unpaired) electrons. The Morgan fingerprint density at radius 3 is 2.09 bits per heavy atom. The van der Waals surface area contributed by atoms with Gasteiger partial charge in [0.15, 0.2) is 17.3 Å². The molecule has 0 heterocycles. The second-order valence-electron chi connectivity index (χ2n) is 6.94. The van der Waals surface area contributed by atoms with Gasteiger partial charge in [-0.05, 0) is 48.9 Å². The molecule has 0 aliphatic heterocycles. The minimum absolute atomic E-state index is 0.0416. The summed E-state index contributed by atoms with van der Waals surface area (Å²) in [4.78, 5) is 24.0. The lowest BCUT2D eigenvalue weighted by Gasteiger charge is -2.14. The molecule has 32 heavy (non-hydrogen) atoms. The van der Waals surface area contributed by atoms with E-state index in [1.807, 2.05) is 24.3 Å². The zero-order valence-electron chi connectivity index (χ0n) is 18.0. The van der Waals surface area contributed by atoms with Crippen LogP contribution in [0.4, 0.5) is 0 Å². The van der Waals surface area contributed by atoms with E-state index in [4.69, 9.17) is 18.9 Å². The molecule has 7 heteroatoms. The molecule has 3 aromatic rings. The number of halogens is 1. The van der Waals surface area contributed by atoms with Crippen LogP contribution in [0.15, 0.2) is 65.1 Å². The number of rotatable bonds is 9. The van der Waals surface area contributed by atoms with E-state index in [1.165, 1.54) is 21.1 Å². The first-order valence-electron chi connectivity index (χ1n) is 9.81. The molecule has 0 atom stereocenters. The molecule has 0 bridgehead atoms. The highest BCUT2D eigenvalue weighted by molar-refractivity contribution is 9.10. The summed E-state index contributed by atoms with van der Waals surface area (Å²) < 4.78 is 23.0. The number of hydrogen-bond acceptors (Lipinski definition) is 6. The smallest absolute Gasteiger partial charge is 0.338 e. The van der Waals surface area contributed by atoms with Crippen LogP contribution in [0.25, 0.3) is 0 Å². The highest BCUT2D eigenvalue weighted by Crippen LogP contribution is 2.30. The van der Waals surface area contributed by atoms with Gasteiger partial charge in [0.05, 0.1) is 19.8 Å². The second kappa shape index (κ2) is 10.8. The summed E-state index contributed by atoms with van der Waals surface area (Å²) in [5.74, 6) is 0.932. The average molecular weight is 499 g/mol. The Labute approximate surface area is 195 Å². The lowest BCUT2D eigenvalue weighted by molar-refractivity contribution is 0.0472. The Kier molecular flexibility index (Phi) is 7.89. The SMILES string of the molecule is COc1cc(C(C)=O)ccc1COc1ccc(C(=O)OCc2ccc(Br)cc2)cc1OC. The van der Waals surface area contributed by atoms with Crippen LogP contribution in [-0.2, 0) is 18.0 Å². The van der Waals surface area contributed by atoms with Crippen LogP contribution in [0, 0.1) is 0 Å². The van der Waals surface area contributed by atoms with E-state index in [0.29, 0.717) is 28.4 Å². The van der Waals surface area contributed by atoms with Crippen molar-refractivity contribution >= 4 is 27.7 Å². The third-order valence-corrected chi connectivity index (χ3v) is 5.29. The highest BCUT2D eigenvalue weighted by Gasteiger charge is 2.14. The number of Topliss-reactive ketones (excluding diaryl/α,β-unsaturated/α-hetero) is 1. The van der Waals surface area contributed by atoms with Crippen LogP contribution >= 0.6 is 15.9 Å². The Bertz CT molecular complexity index is 1110. The molecule has 0 fully saturated rings. The van der Waals surface area contributed by atoms with E-state index in [2.05, 4.69) is 15.9 Å². The van der Waals surface area contributed by atoms with Gasteiger partial charge < -0.3 is 18.9 Å². The number of carbonyl (C=O) groups is 2. The lowest BCUT2D eigenvalue weighted by atomic mass is 10.1. The molecule has 0 unspecified atom stereocenters. The molecule has 166 valence electrons. The number of ether oxygens (including phenoxy) is 4. The van der Waals surface area contributed by atoms with Crippen molar-refractivity contribution in [2.45, 2.75) is 20.1 Å². The van der Waals surface area contributed by atoms with Crippen molar-refractivity contribution < 1.29 is 28.5 Å². The fourth-order valence-electron chi connectivity index (χ4n) is 2.96. The summed E-state index contributed by atoms with van der Waals surface area (Å²) >= 11 is 3.38. The molecule has 6 nitrogen and oxygen atoms in total. The molecule has 0 aliphatic carbocycles. The van der Waals surface area contributed by atoms with Crippen LogP contribution in [0.3, 0.4) is 0 Å². The third-order valence-electron chi connectivity index (χ3n) is 4.76. The summed E-state index contributed by atoms with van der Waals surface area (Å²) in [6.45, 7) is 1.87. The van der Waals surface area contributed by atoms with E-state index in [1.54, 1.807) is 36.4 Å². The van der Waals surface area contributed by atoms with Crippen molar-refractivity contribution in [1.29, 1.82) is 0 Å². The Morgan fingerprint density at radius 2 is 1.44 bits per heavy atom. The van der Waals surface area contributed by atoms with E-state index in [0.717, 1.165) is 15.6 Å². The van der Waals surface area contributed by atoms with Crippen LogP contribution < -0.4 is 14.2 Å². The Morgan fingerprint density at radius 1 is 0.781 bits per heavy atom. The van der Waals surface area contributed by atoms with Crippen molar-refractivity contribution in [3.8, 4) is 17.2 Å². The van der Waals surface area contributed by atoms with Gasteiger partial charge in [-0.3, -0.25) is 4.79 Å². The molecule has 3 aromatic carbocycles. The highest BCUT2D eigenvalue weighted by atomic mass is 79.9. The van der Waals surface area contributed by atoms with Gasteiger partial charge in [-0.1, -0.05) is 40.2 Å². The quantitative estimate of drug-likeness (QED) is 0.282. The Balaban J connectivity index is 1.68. The van der Waals surface area contributed by atoms with Gasteiger partial charge in [-0.25, -0.2) is 4.79 Å². The summed E-state index contributed by atoms with van der Waals surface area (Å²) in [5.41, 5.74) is 2.58. The number of hydrogen-bond donors (Lipinski definition) is 0. The van der Waals surface area contributed by atoms with Gasteiger partial charge in [0.2, 0.25) is 0 Å². The molecule has 0 saturated heterocycles. The number of esters is 1. The molecular weight excluding hydrogens is 476 g/mol. The van der Waals surface area contributed by atoms with E-state index in [-0.39, 0.29) is 19.0 Å². The number of ketones is 1. The summed E-state index contributed by atoms with van der Waals surface area (Å²) in [7, 11) is 3.04. The number of carbonyl (C=O) groups excluding carboxylic acids is 2. The topological polar surface area (TPSA) is 71.1 Å². The molecule has 0 spiro atoms. The van der Waals surface area contributed by atoms with E-state index in [9.17, 15) is 9.59 Å². The van der Waals surface area contributed by atoms with E-state index < -0.39 is 5.97 Å². The number of benzene rings is 3. The number of methoxy groups -OCH3 is 2. The molecule has 3 rings (SSSR count). The van der Waals surface area contributed by atoms with Crippen molar-refractivity contribution in [2.75, 3.05) is 14.2 Å². The average Bonchev–Trinajstić information content (AvgIpc) is 2.81. The maximum Gasteiger partial charge on any atom is 0.338 e. The van der Waals surface area contributed by atoms with Crippen LogP contribution in [-0.4, -0.2) is 26.0 Å². The largest absolute Gasteiger partial charge is 0.496 e. The standard InChI is InChI=1S/C25H23BrO6/c1-16(27)18-6-7-20(23(12-18)29-2)15-31-22-11-8-19(13-24(22)30-3)25(28)32-14-17-4-9-21(26)10-5-17/h4-13H,14-15H2,1-3H3. The monoisotopic (exact) mass is 498 g/mol. The summed E-state index contributed by atoms with van der Waals surface area (Å²) in [6.07, 6.45) is 0. The third kappa shape index (κ3) is 5.88. The van der Waals surface area contributed by atoms with Gasteiger partial charge >= 0.3 is 5.97 Å². The van der Waals surface area contributed by atoms with Crippen LogP contribution in [0.1, 0.15) is 38.8 Å². The maximum atomic E-state index is 12.4. The van der Waals surface area contributed by atoms with Gasteiger partial charge in [-0.2, -0.15) is 0 Å². The normalized spacial score (nSPS) is 10.4. The summed E-state index contributed by atoms with van der Waals surface area (Å²) in [6, 6.07) is 17.6. The van der Waals surface area contributed by atoms with Crippen molar-refractivity contribution in [2.24, 2.45) is 0 Å². The molecule has 0 aromatic heterocycles. The predicted molar refractivity (Wildman–Crippen MR) is 124 cm³/mol. The molecule has 0 aliphatic rings. The minimum atomic E-state index is -0.459. The zero-order valence-corrected chi connectivity index (χ0v) is 19.6. The van der Waals surface area contributed by atoms with Crippen molar-refractivity contribution in [3.05, 3.63) is 87.4 Å². The van der Waals surface area contributed by atoms with Crippen molar-refractivity contribution in [3.63, 3.8) is 0 Å². The molecular formula is C25H23BrO6. The first-order valence-corrected chi connectivity index (χ1v) is 10.6. The predicted octanol–water partition coefficient (Wildman–Crippen LogP) is 5.60. The van der Waals surface area contributed by atoms with Gasteiger partial charge in [0.25, 0.3) is 0 Å². The summed E-state index contributed by atoms with van der Waals surface area (Å²) in [5, 5.41) is 0. The zero-order chi connectivity index (χ0) is 23.1. The van der Waals surface area contributed by atoms with Crippen LogP contribution in [0.5, 0.6) is 17.2 Å². The minimum Gasteiger partial charge on any atom is -0.496 e. The maximum absolute atomic E-state index is 12.4. The van der Waals surface area contributed by atoms with Crippen molar-refractivity contribution in [1.82, 2.24) is 0 Å². The molecule has 0 saturated carbocycles. The molecule has 0 N–H and O–H groups in total. The molecule has 0 amide bonds. The van der Waals surface area contributed by atoms with Gasteiger partial charge in [-0.15, -0.1) is 0 Å². The fourth-order valence-corrected chi connectivity index (χ4v) is 3.23.